The van der Waals surface area contributed by atoms with Crippen LogP contribution in [0.15, 0.2) is 30.3 Å². The molecule has 1 fully saturated rings. The van der Waals surface area contributed by atoms with Gasteiger partial charge in [-0.2, -0.15) is 0 Å². The summed E-state index contributed by atoms with van der Waals surface area (Å²) >= 11 is 0. The van der Waals surface area contributed by atoms with Crippen LogP contribution in [0, 0.1) is 11.3 Å². The molecule has 0 saturated heterocycles. The molecule has 16 heavy (non-hydrogen) atoms. The van der Waals surface area contributed by atoms with Crippen LogP contribution in [-0.2, 0) is 0 Å². The molecule has 88 valence electrons. The Morgan fingerprint density at radius 3 is 2.44 bits per heavy atom. The Kier molecular flexibility index (Phi) is 3.22. The summed E-state index contributed by atoms with van der Waals surface area (Å²) < 4.78 is 0. The zero-order chi connectivity index (χ0) is 11.6. The summed E-state index contributed by atoms with van der Waals surface area (Å²) in [5.41, 5.74) is 1.75. The molecule has 1 aliphatic carbocycles. The van der Waals surface area contributed by atoms with E-state index >= 15 is 0 Å². The van der Waals surface area contributed by atoms with Gasteiger partial charge >= 0.3 is 0 Å². The number of hydrogen-bond donors (Lipinski definition) is 1. The van der Waals surface area contributed by atoms with E-state index in [4.69, 9.17) is 0 Å². The van der Waals surface area contributed by atoms with E-state index in [-0.39, 0.29) is 0 Å². The number of hydrogen-bond acceptors (Lipinski definition) is 1. The molecule has 1 N–H and O–H groups in total. The number of para-hydroxylation sites is 1. The van der Waals surface area contributed by atoms with Crippen LogP contribution in [0.1, 0.15) is 40.0 Å². The molecule has 0 aliphatic heterocycles. The molecular formula is C15H23N. The van der Waals surface area contributed by atoms with Crippen LogP contribution in [0.3, 0.4) is 0 Å². The van der Waals surface area contributed by atoms with Crippen LogP contribution < -0.4 is 5.32 Å². The second-order valence-corrected chi connectivity index (χ2v) is 6.12. The average Bonchev–Trinajstić information content (AvgIpc) is 2.15. The SMILES string of the molecule is CC1CC(Nc2ccccc2)CC(C)(C)C1. The van der Waals surface area contributed by atoms with E-state index in [9.17, 15) is 0 Å². The van der Waals surface area contributed by atoms with Crippen molar-refractivity contribution in [2.75, 3.05) is 5.32 Å². The first-order valence-electron chi connectivity index (χ1n) is 6.37. The third kappa shape index (κ3) is 3.01. The van der Waals surface area contributed by atoms with Crippen LogP contribution in [-0.4, -0.2) is 6.04 Å². The lowest BCUT2D eigenvalue weighted by atomic mass is 9.70. The van der Waals surface area contributed by atoms with E-state index in [1.807, 2.05) is 0 Å². The molecular weight excluding hydrogens is 194 g/mol. The maximum atomic E-state index is 3.67. The highest BCUT2D eigenvalue weighted by Gasteiger charge is 2.31. The van der Waals surface area contributed by atoms with Gasteiger partial charge in [0.15, 0.2) is 0 Å². The van der Waals surface area contributed by atoms with E-state index in [1.54, 1.807) is 0 Å². The molecule has 1 heteroatoms. The van der Waals surface area contributed by atoms with Gasteiger partial charge in [-0.15, -0.1) is 0 Å². The van der Waals surface area contributed by atoms with Crippen LogP contribution in [0.2, 0.25) is 0 Å². The topological polar surface area (TPSA) is 12.0 Å². The van der Waals surface area contributed by atoms with E-state index in [2.05, 4.69) is 56.4 Å². The van der Waals surface area contributed by atoms with Crippen molar-refractivity contribution in [2.45, 2.75) is 46.1 Å². The quantitative estimate of drug-likeness (QED) is 0.778. The minimum Gasteiger partial charge on any atom is -0.382 e. The zero-order valence-electron chi connectivity index (χ0n) is 10.7. The van der Waals surface area contributed by atoms with Crippen LogP contribution in [0.4, 0.5) is 5.69 Å². The molecule has 1 aromatic rings. The van der Waals surface area contributed by atoms with Crippen molar-refractivity contribution >= 4 is 5.69 Å². The second-order valence-electron chi connectivity index (χ2n) is 6.12. The maximum absolute atomic E-state index is 3.67. The van der Waals surface area contributed by atoms with Gasteiger partial charge in [0.2, 0.25) is 0 Å². The lowest BCUT2D eigenvalue weighted by Crippen LogP contribution is -2.35. The molecule has 2 rings (SSSR count). The Labute approximate surface area is 99.3 Å². The Hall–Kier alpha value is -0.980. The molecule has 2 atom stereocenters. The second kappa shape index (κ2) is 4.48. The third-order valence-corrected chi connectivity index (χ3v) is 3.53. The Bertz CT molecular complexity index is 329. The molecule has 0 amide bonds. The number of benzene rings is 1. The van der Waals surface area contributed by atoms with Gasteiger partial charge in [0, 0.05) is 11.7 Å². The minimum atomic E-state index is 0.490. The van der Waals surface area contributed by atoms with E-state index in [1.165, 1.54) is 24.9 Å². The standard InChI is InChI=1S/C15H23N/c1-12-9-14(11-15(2,3)10-12)16-13-7-5-4-6-8-13/h4-8,12,14,16H,9-11H2,1-3H3. The van der Waals surface area contributed by atoms with Gasteiger partial charge in [-0.25, -0.2) is 0 Å². The first-order chi connectivity index (χ1) is 7.55. The average molecular weight is 217 g/mol. The van der Waals surface area contributed by atoms with Crippen LogP contribution >= 0.6 is 0 Å². The zero-order valence-corrected chi connectivity index (χ0v) is 10.7. The normalized spacial score (nSPS) is 28.7. The van der Waals surface area contributed by atoms with E-state index < -0.39 is 0 Å². The predicted octanol–water partition coefficient (Wildman–Crippen LogP) is 4.31. The van der Waals surface area contributed by atoms with E-state index in [0.717, 1.165) is 5.92 Å². The van der Waals surface area contributed by atoms with E-state index in [0.29, 0.717) is 11.5 Å². The van der Waals surface area contributed by atoms with Gasteiger partial charge in [-0.1, -0.05) is 39.0 Å². The molecule has 1 aliphatic rings. The first kappa shape index (κ1) is 11.5. The van der Waals surface area contributed by atoms with Crippen molar-refractivity contribution < 1.29 is 0 Å². The Balaban J connectivity index is 2.00. The maximum Gasteiger partial charge on any atom is 0.0342 e. The fourth-order valence-electron chi connectivity index (χ4n) is 3.23. The molecule has 2 unspecified atom stereocenters. The number of nitrogens with one attached hydrogen (secondary N) is 1. The highest BCUT2D eigenvalue weighted by Crippen LogP contribution is 2.39. The fourth-order valence-corrected chi connectivity index (χ4v) is 3.23. The number of anilines is 1. The molecule has 0 heterocycles. The molecule has 1 nitrogen and oxygen atoms in total. The van der Waals surface area contributed by atoms with Crippen molar-refractivity contribution in [3.05, 3.63) is 30.3 Å². The fraction of sp³-hybridized carbons (Fsp3) is 0.600. The monoisotopic (exact) mass is 217 g/mol. The molecule has 1 aromatic carbocycles. The van der Waals surface area contributed by atoms with Gasteiger partial charge in [0.25, 0.3) is 0 Å². The number of rotatable bonds is 2. The molecule has 0 spiro atoms. The van der Waals surface area contributed by atoms with Crippen molar-refractivity contribution in [1.29, 1.82) is 0 Å². The van der Waals surface area contributed by atoms with Crippen molar-refractivity contribution in [2.24, 2.45) is 11.3 Å². The van der Waals surface area contributed by atoms with Crippen molar-refractivity contribution in [1.82, 2.24) is 0 Å². The van der Waals surface area contributed by atoms with Gasteiger partial charge in [0.05, 0.1) is 0 Å². The summed E-state index contributed by atoms with van der Waals surface area (Å²) in [4.78, 5) is 0. The van der Waals surface area contributed by atoms with Gasteiger partial charge < -0.3 is 5.32 Å². The van der Waals surface area contributed by atoms with Crippen LogP contribution in [0.5, 0.6) is 0 Å². The third-order valence-electron chi connectivity index (χ3n) is 3.53. The Morgan fingerprint density at radius 2 is 1.81 bits per heavy atom. The largest absolute Gasteiger partial charge is 0.382 e. The highest BCUT2D eigenvalue weighted by molar-refractivity contribution is 5.43. The summed E-state index contributed by atoms with van der Waals surface area (Å²) in [5, 5.41) is 3.67. The molecule has 0 aromatic heterocycles. The molecule has 0 bridgehead atoms. The lowest BCUT2D eigenvalue weighted by Gasteiger charge is -2.39. The Morgan fingerprint density at radius 1 is 1.12 bits per heavy atom. The smallest absolute Gasteiger partial charge is 0.0342 e. The lowest BCUT2D eigenvalue weighted by molar-refractivity contribution is 0.178. The van der Waals surface area contributed by atoms with Crippen LogP contribution in [0.25, 0.3) is 0 Å². The van der Waals surface area contributed by atoms with Crippen molar-refractivity contribution in [3.63, 3.8) is 0 Å². The highest BCUT2D eigenvalue weighted by atomic mass is 14.9. The first-order valence-corrected chi connectivity index (χ1v) is 6.37. The summed E-state index contributed by atoms with van der Waals surface area (Å²) in [7, 11) is 0. The summed E-state index contributed by atoms with van der Waals surface area (Å²) in [6, 6.07) is 11.2. The molecule has 1 saturated carbocycles. The predicted molar refractivity (Wildman–Crippen MR) is 70.6 cm³/mol. The van der Waals surface area contributed by atoms with Gasteiger partial charge in [-0.05, 0) is 42.7 Å². The van der Waals surface area contributed by atoms with Gasteiger partial charge in [-0.3, -0.25) is 0 Å². The minimum absolute atomic E-state index is 0.490. The molecule has 0 radical (unpaired) electrons. The summed E-state index contributed by atoms with van der Waals surface area (Å²) in [6.45, 7) is 7.16. The van der Waals surface area contributed by atoms with Gasteiger partial charge in [0.1, 0.15) is 0 Å². The summed E-state index contributed by atoms with van der Waals surface area (Å²) in [5.74, 6) is 0.838. The van der Waals surface area contributed by atoms with Crippen molar-refractivity contribution in [3.8, 4) is 0 Å². The summed E-state index contributed by atoms with van der Waals surface area (Å²) in [6.07, 6.45) is 3.95.